The van der Waals surface area contributed by atoms with Crippen molar-refractivity contribution in [1.82, 2.24) is 4.98 Å². The first-order chi connectivity index (χ1) is 9.04. The number of aromatic nitrogens is 1. The summed E-state index contributed by atoms with van der Waals surface area (Å²) in [4.78, 5) is 3.94. The van der Waals surface area contributed by atoms with Crippen LogP contribution in [-0.4, -0.2) is 4.98 Å². The second-order valence-corrected chi connectivity index (χ2v) is 4.10. The lowest BCUT2D eigenvalue weighted by Gasteiger charge is -2.07. The molecule has 0 fully saturated rings. The van der Waals surface area contributed by atoms with E-state index in [9.17, 15) is 13.2 Å². The van der Waals surface area contributed by atoms with E-state index in [1.54, 1.807) is 30.6 Å². The zero-order valence-electron chi connectivity index (χ0n) is 9.61. The highest BCUT2D eigenvalue weighted by Crippen LogP contribution is 2.33. The van der Waals surface area contributed by atoms with Crippen molar-refractivity contribution in [3.05, 3.63) is 54.4 Å². The number of fused-ring (bicyclic) bond motifs is 1. The van der Waals surface area contributed by atoms with Gasteiger partial charge in [-0.05, 0) is 24.3 Å². The Labute approximate surface area is 106 Å². The molecule has 3 aromatic rings. The molecule has 0 aliphatic rings. The average molecular weight is 263 g/mol. The number of halogens is 3. The summed E-state index contributed by atoms with van der Waals surface area (Å²) >= 11 is 0. The summed E-state index contributed by atoms with van der Waals surface area (Å²) in [6.45, 7) is 0. The van der Waals surface area contributed by atoms with Gasteiger partial charge in [0.1, 0.15) is 11.3 Å². The van der Waals surface area contributed by atoms with E-state index >= 15 is 0 Å². The molecule has 0 amide bonds. The number of rotatable bonds is 1. The minimum atomic E-state index is -4.36. The zero-order chi connectivity index (χ0) is 13.5. The van der Waals surface area contributed by atoms with Gasteiger partial charge in [-0.1, -0.05) is 12.1 Å². The van der Waals surface area contributed by atoms with Gasteiger partial charge in [-0.3, -0.25) is 4.98 Å². The number of pyridine rings is 1. The first-order valence-corrected chi connectivity index (χ1v) is 5.55. The van der Waals surface area contributed by atoms with Crippen LogP contribution in [0, 0.1) is 0 Å². The van der Waals surface area contributed by atoms with Gasteiger partial charge >= 0.3 is 6.18 Å². The summed E-state index contributed by atoms with van der Waals surface area (Å²) in [6, 6.07) is 8.41. The quantitative estimate of drug-likeness (QED) is 0.645. The lowest BCUT2D eigenvalue weighted by molar-refractivity contribution is -0.137. The van der Waals surface area contributed by atoms with Crippen LogP contribution in [0.5, 0.6) is 0 Å². The molecule has 0 aliphatic heterocycles. The van der Waals surface area contributed by atoms with E-state index in [0.29, 0.717) is 16.9 Å². The van der Waals surface area contributed by atoms with Crippen molar-refractivity contribution in [3.8, 4) is 11.3 Å². The van der Waals surface area contributed by atoms with Gasteiger partial charge in [-0.2, -0.15) is 13.2 Å². The summed E-state index contributed by atoms with van der Waals surface area (Å²) in [7, 11) is 0. The predicted octanol–water partition coefficient (Wildman–Crippen LogP) is 4.51. The van der Waals surface area contributed by atoms with Crippen LogP contribution in [0.1, 0.15) is 5.56 Å². The Kier molecular flexibility index (Phi) is 2.55. The molecule has 0 atom stereocenters. The molecule has 0 saturated carbocycles. The Hall–Kier alpha value is -2.30. The molecule has 2 heterocycles. The second kappa shape index (κ2) is 4.12. The summed E-state index contributed by atoms with van der Waals surface area (Å²) in [5.41, 5.74) is 0.303. The Balaban J connectivity index is 2.11. The fourth-order valence-corrected chi connectivity index (χ4v) is 1.88. The van der Waals surface area contributed by atoms with Crippen LogP contribution in [0.4, 0.5) is 13.2 Å². The smallest absolute Gasteiger partial charge is 0.416 e. The molecule has 3 rings (SSSR count). The van der Waals surface area contributed by atoms with Gasteiger partial charge < -0.3 is 4.42 Å². The second-order valence-electron chi connectivity index (χ2n) is 4.10. The van der Waals surface area contributed by atoms with Crippen LogP contribution in [0.3, 0.4) is 0 Å². The highest BCUT2D eigenvalue weighted by Gasteiger charge is 2.30. The molecule has 2 nitrogen and oxygen atoms in total. The minimum Gasteiger partial charge on any atom is -0.456 e. The van der Waals surface area contributed by atoms with Gasteiger partial charge in [-0.15, -0.1) is 0 Å². The van der Waals surface area contributed by atoms with E-state index in [2.05, 4.69) is 4.98 Å². The molecule has 96 valence electrons. The average Bonchev–Trinajstić information content (AvgIpc) is 2.81. The normalized spacial score (nSPS) is 11.9. The number of benzene rings is 1. The molecule has 1 aromatic carbocycles. The predicted molar refractivity (Wildman–Crippen MR) is 64.4 cm³/mol. The van der Waals surface area contributed by atoms with Crippen LogP contribution in [-0.2, 0) is 6.18 Å². The fourth-order valence-electron chi connectivity index (χ4n) is 1.88. The molecule has 0 unspecified atom stereocenters. The molecule has 0 bridgehead atoms. The van der Waals surface area contributed by atoms with Crippen LogP contribution < -0.4 is 0 Å². The van der Waals surface area contributed by atoms with E-state index in [-0.39, 0.29) is 0 Å². The van der Waals surface area contributed by atoms with Crippen molar-refractivity contribution in [3.63, 3.8) is 0 Å². The summed E-state index contributed by atoms with van der Waals surface area (Å²) in [5, 5.41) is 0.759. The Morgan fingerprint density at radius 2 is 1.89 bits per heavy atom. The summed E-state index contributed by atoms with van der Waals surface area (Å²) in [6.07, 6.45) is -1.18. The molecule has 0 N–H and O–H groups in total. The van der Waals surface area contributed by atoms with Gasteiger partial charge in [-0.25, -0.2) is 0 Å². The van der Waals surface area contributed by atoms with Crippen molar-refractivity contribution in [2.45, 2.75) is 6.18 Å². The highest BCUT2D eigenvalue weighted by molar-refractivity contribution is 5.81. The topological polar surface area (TPSA) is 26.0 Å². The van der Waals surface area contributed by atoms with Crippen molar-refractivity contribution >= 4 is 11.0 Å². The lowest BCUT2D eigenvalue weighted by atomic mass is 10.1. The van der Waals surface area contributed by atoms with E-state index in [1.807, 2.05) is 0 Å². The van der Waals surface area contributed by atoms with E-state index in [0.717, 1.165) is 17.5 Å². The minimum absolute atomic E-state index is 0.394. The van der Waals surface area contributed by atoms with Gasteiger partial charge in [0.15, 0.2) is 0 Å². The number of hydrogen-bond acceptors (Lipinski definition) is 2. The van der Waals surface area contributed by atoms with Crippen molar-refractivity contribution in [1.29, 1.82) is 0 Å². The standard InChI is InChI=1S/C14H8F3NO/c15-14(16,17)11-3-1-2-9(6-11)13-7-10-8-18-5-4-12(10)19-13/h1-8H. The first-order valence-electron chi connectivity index (χ1n) is 5.55. The Morgan fingerprint density at radius 1 is 1.05 bits per heavy atom. The van der Waals surface area contributed by atoms with E-state index in [4.69, 9.17) is 4.42 Å². The van der Waals surface area contributed by atoms with E-state index in [1.165, 1.54) is 6.07 Å². The summed E-state index contributed by atoms with van der Waals surface area (Å²) < 4.78 is 43.5. The fraction of sp³-hybridized carbons (Fsp3) is 0.0714. The highest BCUT2D eigenvalue weighted by atomic mass is 19.4. The molecule has 0 radical (unpaired) electrons. The van der Waals surface area contributed by atoms with Gasteiger partial charge in [0.2, 0.25) is 0 Å². The Morgan fingerprint density at radius 3 is 2.63 bits per heavy atom. The largest absolute Gasteiger partial charge is 0.456 e. The molecular weight excluding hydrogens is 255 g/mol. The van der Waals surface area contributed by atoms with Crippen LogP contribution in [0.15, 0.2) is 53.2 Å². The van der Waals surface area contributed by atoms with Crippen molar-refractivity contribution < 1.29 is 17.6 Å². The molecule has 0 saturated heterocycles. The Bertz CT molecular complexity index is 698. The van der Waals surface area contributed by atoms with E-state index < -0.39 is 11.7 Å². The molecule has 0 spiro atoms. The first kappa shape index (κ1) is 11.8. The summed E-state index contributed by atoms with van der Waals surface area (Å²) in [5.74, 6) is 0.397. The van der Waals surface area contributed by atoms with Gasteiger partial charge in [0.05, 0.1) is 5.56 Å². The number of nitrogens with zero attached hydrogens (tertiary/aromatic N) is 1. The zero-order valence-corrected chi connectivity index (χ0v) is 9.61. The third-order valence-corrected chi connectivity index (χ3v) is 2.79. The van der Waals surface area contributed by atoms with Crippen LogP contribution >= 0.6 is 0 Å². The van der Waals surface area contributed by atoms with Gasteiger partial charge in [0.25, 0.3) is 0 Å². The third-order valence-electron chi connectivity index (χ3n) is 2.79. The maximum absolute atomic E-state index is 12.6. The SMILES string of the molecule is FC(F)(F)c1cccc(-c2cc3cnccc3o2)c1. The lowest BCUT2D eigenvalue weighted by Crippen LogP contribution is -2.04. The van der Waals surface area contributed by atoms with Crippen LogP contribution in [0.2, 0.25) is 0 Å². The van der Waals surface area contributed by atoms with Crippen LogP contribution in [0.25, 0.3) is 22.3 Å². The molecule has 0 aliphatic carbocycles. The molecule has 2 aromatic heterocycles. The maximum Gasteiger partial charge on any atom is 0.416 e. The maximum atomic E-state index is 12.6. The number of furan rings is 1. The molecule has 5 heteroatoms. The van der Waals surface area contributed by atoms with Crippen molar-refractivity contribution in [2.75, 3.05) is 0 Å². The van der Waals surface area contributed by atoms with Gasteiger partial charge in [0, 0.05) is 23.3 Å². The molecule has 19 heavy (non-hydrogen) atoms. The number of hydrogen-bond donors (Lipinski definition) is 0. The molecular formula is C14H8F3NO. The van der Waals surface area contributed by atoms with Crippen molar-refractivity contribution in [2.24, 2.45) is 0 Å². The monoisotopic (exact) mass is 263 g/mol. The third kappa shape index (κ3) is 2.19. The number of alkyl halides is 3.